The number of rotatable bonds is 9. The van der Waals surface area contributed by atoms with Crippen molar-refractivity contribution in [3.05, 3.63) is 77.6 Å². The Morgan fingerprint density at radius 2 is 1.74 bits per heavy atom. The third kappa shape index (κ3) is 4.51. The van der Waals surface area contributed by atoms with Crippen molar-refractivity contribution in [3.8, 4) is 0 Å². The second-order valence-electron chi connectivity index (χ2n) is 8.44. The monoisotopic (exact) mass is 461 g/mol. The van der Waals surface area contributed by atoms with E-state index in [1.165, 1.54) is 21.9 Å². The molecule has 1 N–H and O–H groups in total. The van der Waals surface area contributed by atoms with Crippen LogP contribution in [0.1, 0.15) is 42.6 Å². The van der Waals surface area contributed by atoms with Gasteiger partial charge in [0, 0.05) is 24.0 Å². The molecule has 34 heavy (non-hydrogen) atoms. The summed E-state index contributed by atoms with van der Waals surface area (Å²) < 4.78 is 13.4. The SMILES string of the molecule is CCCNC(=O)[C@@H](CC)N(Cc1ccc(F)cc1)C(=O)CN1C(=O)c2cccc3cccc1c23. The summed E-state index contributed by atoms with van der Waals surface area (Å²) in [5.41, 5.74) is 1.96. The van der Waals surface area contributed by atoms with Crippen molar-refractivity contribution >= 4 is 34.2 Å². The fraction of sp³-hybridized carbons (Fsp3) is 0.296. The van der Waals surface area contributed by atoms with Gasteiger partial charge in [0.15, 0.2) is 0 Å². The van der Waals surface area contributed by atoms with Gasteiger partial charge in [-0.3, -0.25) is 19.3 Å². The molecule has 0 spiro atoms. The van der Waals surface area contributed by atoms with Crippen molar-refractivity contribution in [2.45, 2.75) is 39.3 Å². The van der Waals surface area contributed by atoms with Crippen LogP contribution < -0.4 is 10.2 Å². The van der Waals surface area contributed by atoms with E-state index >= 15 is 0 Å². The number of amides is 3. The zero-order valence-corrected chi connectivity index (χ0v) is 19.4. The first-order valence-corrected chi connectivity index (χ1v) is 11.6. The molecule has 176 valence electrons. The predicted molar refractivity (Wildman–Crippen MR) is 130 cm³/mol. The predicted octanol–water partition coefficient (Wildman–Crippen LogP) is 4.27. The minimum Gasteiger partial charge on any atom is -0.354 e. The first kappa shape index (κ1) is 23.4. The van der Waals surface area contributed by atoms with E-state index in [1.54, 1.807) is 18.2 Å². The fourth-order valence-corrected chi connectivity index (χ4v) is 4.43. The van der Waals surface area contributed by atoms with Crippen LogP contribution in [0.5, 0.6) is 0 Å². The average Bonchev–Trinajstić information content (AvgIpc) is 3.11. The molecule has 0 aliphatic carbocycles. The van der Waals surface area contributed by atoms with Crippen LogP contribution in [0.3, 0.4) is 0 Å². The summed E-state index contributed by atoms with van der Waals surface area (Å²) in [6.07, 6.45) is 1.19. The number of hydrogen-bond donors (Lipinski definition) is 1. The smallest absolute Gasteiger partial charge is 0.259 e. The number of carbonyl (C=O) groups excluding carboxylic acids is 3. The zero-order chi connectivity index (χ0) is 24.2. The quantitative estimate of drug-likeness (QED) is 0.517. The van der Waals surface area contributed by atoms with Gasteiger partial charge in [-0.2, -0.15) is 0 Å². The maximum atomic E-state index is 13.6. The summed E-state index contributed by atoms with van der Waals surface area (Å²) in [5, 5.41) is 4.64. The van der Waals surface area contributed by atoms with E-state index in [2.05, 4.69) is 5.32 Å². The number of nitrogens with zero attached hydrogens (tertiary/aromatic N) is 2. The van der Waals surface area contributed by atoms with Gasteiger partial charge in [0.05, 0.1) is 5.69 Å². The number of benzene rings is 3. The Hall–Kier alpha value is -3.74. The molecule has 3 aromatic carbocycles. The van der Waals surface area contributed by atoms with Gasteiger partial charge < -0.3 is 10.2 Å². The molecule has 1 aliphatic rings. The third-order valence-corrected chi connectivity index (χ3v) is 6.14. The Kier molecular flexibility index (Phi) is 6.91. The molecule has 4 rings (SSSR count). The Bertz CT molecular complexity index is 1220. The van der Waals surface area contributed by atoms with Gasteiger partial charge >= 0.3 is 0 Å². The highest BCUT2D eigenvalue weighted by atomic mass is 19.1. The molecule has 0 bridgehead atoms. The summed E-state index contributed by atoms with van der Waals surface area (Å²) >= 11 is 0. The van der Waals surface area contributed by atoms with Crippen LogP contribution in [-0.4, -0.2) is 41.8 Å². The van der Waals surface area contributed by atoms with E-state index in [-0.39, 0.29) is 36.6 Å². The number of hydrogen-bond acceptors (Lipinski definition) is 3. The molecule has 0 radical (unpaired) electrons. The van der Waals surface area contributed by atoms with E-state index in [0.29, 0.717) is 29.8 Å². The fourth-order valence-electron chi connectivity index (χ4n) is 4.43. The van der Waals surface area contributed by atoms with E-state index in [0.717, 1.165) is 17.2 Å². The highest BCUT2D eigenvalue weighted by molar-refractivity contribution is 6.26. The summed E-state index contributed by atoms with van der Waals surface area (Å²) in [6, 6.07) is 16.3. The lowest BCUT2D eigenvalue weighted by atomic mass is 10.1. The number of halogens is 1. The van der Waals surface area contributed by atoms with Crippen LogP contribution in [-0.2, 0) is 16.1 Å². The van der Waals surface area contributed by atoms with Gasteiger partial charge in [-0.1, -0.05) is 50.2 Å². The average molecular weight is 462 g/mol. The molecule has 0 saturated carbocycles. The normalized spacial score (nSPS) is 13.3. The maximum absolute atomic E-state index is 13.6. The standard InChI is InChI=1S/C27H28FN3O3/c1-3-15-29-26(33)22(4-2)30(16-18-11-13-20(28)14-12-18)24(32)17-31-23-10-6-8-19-7-5-9-21(25(19)23)27(31)34/h5-14,22H,3-4,15-17H2,1-2H3,(H,29,33)/t22-/m1/s1. The van der Waals surface area contributed by atoms with Crippen molar-refractivity contribution in [2.75, 3.05) is 18.0 Å². The minimum atomic E-state index is -0.708. The van der Waals surface area contributed by atoms with E-state index in [9.17, 15) is 18.8 Å². The molecule has 6 nitrogen and oxygen atoms in total. The van der Waals surface area contributed by atoms with Gasteiger partial charge in [0.25, 0.3) is 5.91 Å². The molecule has 0 saturated heterocycles. The van der Waals surface area contributed by atoms with Crippen LogP contribution in [0.2, 0.25) is 0 Å². The first-order chi connectivity index (χ1) is 16.4. The largest absolute Gasteiger partial charge is 0.354 e. The van der Waals surface area contributed by atoms with Crippen molar-refractivity contribution in [1.29, 1.82) is 0 Å². The highest BCUT2D eigenvalue weighted by Gasteiger charge is 2.35. The van der Waals surface area contributed by atoms with Crippen LogP contribution >= 0.6 is 0 Å². The van der Waals surface area contributed by atoms with Gasteiger partial charge in [0.2, 0.25) is 11.8 Å². The third-order valence-electron chi connectivity index (χ3n) is 6.14. The van der Waals surface area contributed by atoms with Gasteiger partial charge in [-0.15, -0.1) is 0 Å². The molecule has 1 atom stereocenters. The van der Waals surface area contributed by atoms with Crippen molar-refractivity contribution in [1.82, 2.24) is 10.2 Å². The Labute approximate surface area is 198 Å². The molecular weight excluding hydrogens is 433 g/mol. The van der Waals surface area contributed by atoms with Crippen LogP contribution in [0.25, 0.3) is 10.8 Å². The van der Waals surface area contributed by atoms with Crippen LogP contribution in [0, 0.1) is 5.82 Å². The summed E-state index contributed by atoms with van der Waals surface area (Å²) in [4.78, 5) is 42.7. The molecular formula is C27H28FN3O3. The molecule has 3 aromatic rings. The van der Waals surface area contributed by atoms with Gasteiger partial charge in [0.1, 0.15) is 18.4 Å². The summed E-state index contributed by atoms with van der Waals surface area (Å²) in [5.74, 6) is -1.19. The molecule has 1 heterocycles. The Morgan fingerprint density at radius 1 is 1.03 bits per heavy atom. The summed E-state index contributed by atoms with van der Waals surface area (Å²) in [7, 11) is 0. The van der Waals surface area contributed by atoms with Crippen molar-refractivity contribution < 1.29 is 18.8 Å². The van der Waals surface area contributed by atoms with E-state index in [4.69, 9.17) is 0 Å². The van der Waals surface area contributed by atoms with Crippen molar-refractivity contribution in [3.63, 3.8) is 0 Å². The molecule has 7 heteroatoms. The maximum Gasteiger partial charge on any atom is 0.259 e. The lowest BCUT2D eigenvalue weighted by Gasteiger charge is -2.32. The van der Waals surface area contributed by atoms with Gasteiger partial charge in [-0.05, 0) is 48.1 Å². The number of nitrogens with one attached hydrogen (secondary N) is 1. The highest BCUT2D eigenvalue weighted by Crippen LogP contribution is 2.37. The van der Waals surface area contributed by atoms with E-state index in [1.807, 2.05) is 44.2 Å². The second kappa shape index (κ2) is 10.0. The summed E-state index contributed by atoms with van der Waals surface area (Å²) in [6.45, 7) is 4.26. The lowest BCUT2D eigenvalue weighted by Crippen LogP contribution is -2.52. The Balaban J connectivity index is 1.64. The molecule has 0 fully saturated rings. The number of carbonyl (C=O) groups is 3. The van der Waals surface area contributed by atoms with Crippen molar-refractivity contribution in [2.24, 2.45) is 0 Å². The first-order valence-electron chi connectivity index (χ1n) is 11.6. The lowest BCUT2D eigenvalue weighted by molar-refractivity contribution is -0.140. The molecule has 1 aliphatic heterocycles. The van der Waals surface area contributed by atoms with Crippen LogP contribution in [0.15, 0.2) is 60.7 Å². The molecule has 0 aromatic heterocycles. The van der Waals surface area contributed by atoms with E-state index < -0.39 is 6.04 Å². The minimum absolute atomic E-state index is 0.135. The molecule has 0 unspecified atom stereocenters. The topological polar surface area (TPSA) is 69.7 Å². The molecule has 3 amide bonds. The Morgan fingerprint density at radius 3 is 2.41 bits per heavy atom. The van der Waals surface area contributed by atoms with Crippen LogP contribution in [0.4, 0.5) is 10.1 Å². The second-order valence-corrected chi connectivity index (χ2v) is 8.44. The van der Waals surface area contributed by atoms with Gasteiger partial charge in [-0.25, -0.2) is 4.39 Å². The number of anilines is 1. The zero-order valence-electron chi connectivity index (χ0n) is 19.4.